The summed E-state index contributed by atoms with van der Waals surface area (Å²) in [5.41, 5.74) is 3.40. The van der Waals surface area contributed by atoms with Gasteiger partial charge in [-0.05, 0) is 29.2 Å². The van der Waals surface area contributed by atoms with E-state index in [1.807, 2.05) is 54.6 Å². The Bertz CT molecular complexity index is 621. The van der Waals surface area contributed by atoms with Gasteiger partial charge in [-0.3, -0.25) is 10.0 Å². The van der Waals surface area contributed by atoms with Gasteiger partial charge >= 0.3 is 0 Å². The minimum absolute atomic E-state index is 0.452. The molecule has 24 heavy (non-hydrogen) atoms. The highest BCUT2D eigenvalue weighted by molar-refractivity contribution is 5.86. The fraction of sp³-hybridized carbons (Fsp3) is 0.350. The van der Waals surface area contributed by atoms with E-state index in [0.29, 0.717) is 12.5 Å². The molecule has 0 bridgehead atoms. The third kappa shape index (κ3) is 4.59. The molecule has 2 rings (SSSR count). The predicted octanol–water partition coefficient (Wildman–Crippen LogP) is 4.14. The van der Waals surface area contributed by atoms with E-state index >= 15 is 0 Å². The molecular weight excluding hydrogens is 302 g/mol. The van der Waals surface area contributed by atoms with Crippen molar-refractivity contribution in [3.05, 3.63) is 65.7 Å². The highest BCUT2D eigenvalue weighted by Gasteiger charge is 2.22. The lowest BCUT2D eigenvalue weighted by atomic mass is 9.91. The molecule has 1 unspecified atom stereocenters. The van der Waals surface area contributed by atoms with Crippen LogP contribution in [0.25, 0.3) is 0 Å². The summed E-state index contributed by atoms with van der Waals surface area (Å²) in [5, 5.41) is 9.06. The van der Waals surface area contributed by atoms with Crippen LogP contribution < -0.4 is 10.2 Å². The van der Waals surface area contributed by atoms with E-state index in [2.05, 4.69) is 13.8 Å². The number of amides is 1. The standard InChI is InChI=1S/C20H25NO3/c1-3-15(4-2)14-24-18-12-10-17(11-13-18)19(20(22)21-23)16-8-6-5-7-9-16/h5-13,15,19,23H,3-4,14H2,1-2H3,(H,21,22). The van der Waals surface area contributed by atoms with E-state index in [4.69, 9.17) is 9.94 Å². The first-order chi connectivity index (χ1) is 11.7. The van der Waals surface area contributed by atoms with Crippen molar-refractivity contribution in [3.8, 4) is 5.75 Å². The first kappa shape index (κ1) is 18.0. The first-order valence-electron chi connectivity index (χ1n) is 8.41. The Morgan fingerprint density at radius 2 is 1.58 bits per heavy atom. The maximum absolute atomic E-state index is 12.1. The van der Waals surface area contributed by atoms with Crippen molar-refractivity contribution in [1.29, 1.82) is 0 Å². The average Bonchev–Trinajstić information content (AvgIpc) is 2.64. The van der Waals surface area contributed by atoms with Gasteiger partial charge in [-0.2, -0.15) is 0 Å². The van der Waals surface area contributed by atoms with E-state index < -0.39 is 11.8 Å². The minimum Gasteiger partial charge on any atom is -0.493 e. The van der Waals surface area contributed by atoms with E-state index in [0.717, 1.165) is 29.7 Å². The number of hydrogen-bond donors (Lipinski definition) is 2. The molecule has 1 amide bonds. The number of nitrogens with one attached hydrogen (secondary N) is 1. The van der Waals surface area contributed by atoms with Gasteiger partial charge in [-0.15, -0.1) is 0 Å². The monoisotopic (exact) mass is 327 g/mol. The maximum atomic E-state index is 12.1. The number of rotatable bonds is 8. The van der Waals surface area contributed by atoms with E-state index in [1.54, 1.807) is 5.48 Å². The maximum Gasteiger partial charge on any atom is 0.255 e. The molecule has 2 N–H and O–H groups in total. The molecule has 4 nitrogen and oxygen atoms in total. The van der Waals surface area contributed by atoms with Gasteiger partial charge in [0.05, 0.1) is 12.5 Å². The lowest BCUT2D eigenvalue weighted by molar-refractivity contribution is -0.129. The van der Waals surface area contributed by atoms with E-state index in [1.165, 1.54) is 0 Å². The highest BCUT2D eigenvalue weighted by atomic mass is 16.5. The van der Waals surface area contributed by atoms with Crippen LogP contribution in [0.1, 0.15) is 43.7 Å². The predicted molar refractivity (Wildman–Crippen MR) is 94.2 cm³/mol. The van der Waals surface area contributed by atoms with Crippen molar-refractivity contribution in [3.63, 3.8) is 0 Å². The van der Waals surface area contributed by atoms with Gasteiger partial charge in [-0.25, -0.2) is 5.48 Å². The largest absolute Gasteiger partial charge is 0.493 e. The van der Waals surface area contributed by atoms with Crippen molar-refractivity contribution < 1.29 is 14.7 Å². The van der Waals surface area contributed by atoms with Crippen LogP contribution in [0.2, 0.25) is 0 Å². The molecule has 0 saturated heterocycles. The molecular formula is C20H25NO3. The highest BCUT2D eigenvalue weighted by Crippen LogP contribution is 2.27. The topological polar surface area (TPSA) is 58.6 Å². The van der Waals surface area contributed by atoms with Crippen LogP contribution in [-0.4, -0.2) is 17.7 Å². The van der Waals surface area contributed by atoms with Gasteiger partial charge in [-0.1, -0.05) is 69.2 Å². The fourth-order valence-electron chi connectivity index (χ4n) is 2.70. The molecule has 0 aliphatic carbocycles. The van der Waals surface area contributed by atoms with Gasteiger partial charge in [0.15, 0.2) is 0 Å². The van der Waals surface area contributed by atoms with Crippen LogP contribution in [0.4, 0.5) is 0 Å². The summed E-state index contributed by atoms with van der Waals surface area (Å²) in [4.78, 5) is 12.1. The Balaban J connectivity index is 2.15. The normalized spacial score (nSPS) is 12.0. The van der Waals surface area contributed by atoms with Gasteiger partial charge < -0.3 is 4.74 Å². The SMILES string of the molecule is CCC(CC)COc1ccc(C(C(=O)NO)c2ccccc2)cc1. The smallest absolute Gasteiger partial charge is 0.255 e. The Labute approximate surface area is 143 Å². The summed E-state index contributed by atoms with van der Waals surface area (Å²) in [5.74, 6) is 0.347. The third-order valence-electron chi connectivity index (χ3n) is 4.36. The molecule has 128 valence electrons. The van der Waals surface area contributed by atoms with Gasteiger partial charge in [0.2, 0.25) is 0 Å². The van der Waals surface area contributed by atoms with E-state index in [-0.39, 0.29) is 0 Å². The van der Waals surface area contributed by atoms with Crippen LogP contribution in [0.3, 0.4) is 0 Å². The molecule has 1 atom stereocenters. The van der Waals surface area contributed by atoms with Crippen LogP contribution in [0.5, 0.6) is 5.75 Å². The van der Waals surface area contributed by atoms with Gasteiger partial charge in [0.1, 0.15) is 5.75 Å². The second kappa shape index (κ2) is 9.08. The molecule has 2 aromatic rings. The average molecular weight is 327 g/mol. The fourth-order valence-corrected chi connectivity index (χ4v) is 2.70. The van der Waals surface area contributed by atoms with Crippen molar-refractivity contribution in [2.75, 3.05) is 6.61 Å². The van der Waals surface area contributed by atoms with Crippen molar-refractivity contribution >= 4 is 5.91 Å². The molecule has 0 aliphatic heterocycles. The summed E-state index contributed by atoms with van der Waals surface area (Å²) >= 11 is 0. The molecule has 0 aromatic heterocycles. The Kier molecular flexibility index (Phi) is 6.82. The van der Waals surface area contributed by atoms with Crippen LogP contribution in [-0.2, 0) is 4.79 Å². The summed E-state index contributed by atoms with van der Waals surface area (Å²) < 4.78 is 5.83. The summed E-state index contributed by atoms with van der Waals surface area (Å²) in [6.07, 6.45) is 2.20. The molecule has 0 heterocycles. The summed E-state index contributed by atoms with van der Waals surface area (Å²) in [6.45, 7) is 5.03. The molecule has 0 radical (unpaired) electrons. The van der Waals surface area contributed by atoms with Crippen LogP contribution >= 0.6 is 0 Å². The first-order valence-corrected chi connectivity index (χ1v) is 8.41. The molecule has 0 aliphatic rings. The summed E-state index contributed by atoms with van der Waals surface area (Å²) in [7, 11) is 0. The lowest BCUT2D eigenvalue weighted by Crippen LogP contribution is -2.27. The molecule has 2 aromatic carbocycles. The van der Waals surface area contributed by atoms with Crippen molar-refractivity contribution in [1.82, 2.24) is 5.48 Å². The second-order valence-corrected chi connectivity index (χ2v) is 5.88. The third-order valence-corrected chi connectivity index (χ3v) is 4.36. The van der Waals surface area contributed by atoms with Crippen molar-refractivity contribution in [2.24, 2.45) is 5.92 Å². The number of hydrogen-bond acceptors (Lipinski definition) is 3. The van der Waals surface area contributed by atoms with Crippen molar-refractivity contribution in [2.45, 2.75) is 32.6 Å². The number of ether oxygens (including phenoxy) is 1. The number of carbonyl (C=O) groups excluding carboxylic acids is 1. The summed E-state index contributed by atoms with van der Waals surface area (Å²) in [6, 6.07) is 16.9. The zero-order valence-electron chi connectivity index (χ0n) is 14.2. The molecule has 0 fully saturated rings. The van der Waals surface area contributed by atoms with E-state index in [9.17, 15) is 4.79 Å². The van der Waals surface area contributed by atoms with Crippen LogP contribution in [0, 0.1) is 5.92 Å². The molecule has 4 heteroatoms. The lowest BCUT2D eigenvalue weighted by Gasteiger charge is -2.17. The quantitative estimate of drug-likeness (QED) is 0.566. The Morgan fingerprint density at radius 3 is 2.12 bits per heavy atom. The Hall–Kier alpha value is -2.33. The Morgan fingerprint density at radius 1 is 1.00 bits per heavy atom. The molecule has 0 spiro atoms. The number of carbonyl (C=O) groups is 1. The number of hydroxylamine groups is 1. The zero-order chi connectivity index (χ0) is 17.4. The molecule has 0 saturated carbocycles. The zero-order valence-corrected chi connectivity index (χ0v) is 14.2. The van der Waals surface area contributed by atoms with Crippen LogP contribution in [0.15, 0.2) is 54.6 Å². The van der Waals surface area contributed by atoms with Gasteiger partial charge in [0.25, 0.3) is 5.91 Å². The second-order valence-electron chi connectivity index (χ2n) is 5.88. The minimum atomic E-state index is -0.552. The number of benzene rings is 2. The van der Waals surface area contributed by atoms with Gasteiger partial charge in [0, 0.05) is 0 Å².